The predicted molar refractivity (Wildman–Crippen MR) is 134 cm³/mol. The molecule has 3 N–H and O–H groups in total. The number of hydrogen-bond acceptors (Lipinski definition) is 9. The lowest BCUT2D eigenvalue weighted by Crippen LogP contribution is -2.64. The smallest absolute Gasteiger partial charge is 0.282 e. The molecule has 0 unspecified atom stereocenters. The minimum Gasteiger partial charge on any atom is -0.481 e. The number of aromatic amines is 1. The van der Waals surface area contributed by atoms with Crippen LogP contribution in [0.1, 0.15) is 37.8 Å². The van der Waals surface area contributed by atoms with E-state index in [9.17, 15) is 13.5 Å². The van der Waals surface area contributed by atoms with Crippen molar-refractivity contribution < 1.29 is 18.3 Å². The van der Waals surface area contributed by atoms with E-state index in [2.05, 4.69) is 31.4 Å². The lowest BCUT2D eigenvalue weighted by molar-refractivity contribution is 0.0931. The fourth-order valence-electron chi connectivity index (χ4n) is 5.41. The van der Waals surface area contributed by atoms with Crippen molar-refractivity contribution in [1.29, 1.82) is 0 Å². The van der Waals surface area contributed by atoms with Gasteiger partial charge in [-0.05, 0) is 25.7 Å². The molecule has 13 heteroatoms. The number of H-pyrrole nitrogens is 1. The van der Waals surface area contributed by atoms with Crippen molar-refractivity contribution in [2.45, 2.75) is 56.8 Å². The van der Waals surface area contributed by atoms with Crippen LogP contribution in [-0.2, 0) is 16.8 Å². The first kappa shape index (κ1) is 24.8. The number of methoxy groups -OCH3 is 1. The van der Waals surface area contributed by atoms with Gasteiger partial charge in [-0.3, -0.25) is 5.10 Å². The number of anilines is 3. The fourth-order valence-corrected chi connectivity index (χ4v) is 7.55. The third kappa shape index (κ3) is 4.61. The Morgan fingerprint density at radius 2 is 1.97 bits per heavy atom. The number of aromatic nitrogens is 4. The molecule has 3 aliphatic rings. The summed E-state index contributed by atoms with van der Waals surface area (Å²) in [7, 11) is -0.0467. The highest BCUT2D eigenvalue weighted by Crippen LogP contribution is 2.40. The van der Waals surface area contributed by atoms with Crippen LogP contribution in [0, 0.1) is 18.3 Å². The van der Waals surface area contributed by atoms with E-state index in [0.717, 1.165) is 19.3 Å². The van der Waals surface area contributed by atoms with Gasteiger partial charge in [-0.2, -0.15) is 32.1 Å². The topological polar surface area (TPSA) is 140 Å². The Morgan fingerprint density at radius 3 is 2.58 bits per heavy atom. The summed E-state index contributed by atoms with van der Waals surface area (Å²) in [5.74, 6) is 4.55. The van der Waals surface area contributed by atoms with Gasteiger partial charge in [0.2, 0.25) is 11.8 Å². The summed E-state index contributed by atoms with van der Waals surface area (Å²) in [6.45, 7) is 0.664. The van der Waals surface area contributed by atoms with Crippen molar-refractivity contribution in [3.63, 3.8) is 0 Å². The zero-order valence-corrected chi connectivity index (χ0v) is 21.3. The van der Waals surface area contributed by atoms with E-state index in [0.29, 0.717) is 55.1 Å². The first-order valence-corrected chi connectivity index (χ1v) is 13.5. The third-order valence-electron chi connectivity index (χ3n) is 7.38. The monoisotopic (exact) mass is 516 g/mol. The Bertz CT molecular complexity index is 1220. The number of aliphatic hydroxyl groups excluding tert-OH is 1. The van der Waals surface area contributed by atoms with Gasteiger partial charge in [0.15, 0.2) is 5.82 Å². The molecule has 12 nitrogen and oxygen atoms in total. The van der Waals surface area contributed by atoms with Gasteiger partial charge in [-0.25, -0.2) is 0 Å². The second-order valence-electron chi connectivity index (χ2n) is 9.65. The van der Waals surface area contributed by atoms with Crippen LogP contribution in [0.3, 0.4) is 0 Å². The first-order valence-electron chi connectivity index (χ1n) is 12.1. The zero-order valence-electron chi connectivity index (χ0n) is 20.5. The van der Waals surface area contributed by atoms with Gasteiger partial charge in [-0.15, -0.1) is 12.3 Å². The highest BCUT2D eigenvalue weighted by Gasteiger charge is 2.49. The molecule has 0 spiro atoms. The molecule has 0 aromatic carbocycles. The molecule has 3 fully saturated rings. The van der Waals surface area contributed by atoms with E-state index in [4.69, 9.17) is 11.2 Å². The summed E-state index contributed by atoms with van der Waals surface area (Å²) in [5, 5.41) is 19.2. The molecule has 3 aliphatic heterocycles. The van der Waals surface area contributed by atoms with Gasteiger partial charge >= 0.3 is 0 Å². The molecule has 5 heterocycles. The van der Waals surface area contributed by atoms with Crippen LogP contribution in [0.25, 0.3) is 0 Å². The van der Waals surface area contributed by atoms with E-state index >= 15 is 0 Å². The number of fused-ring (bicyclic) bond motifs is 2. The van der Waals surface area contributed by atoms with Crippen LogP contribution in [0.15, 0.2) is 12.1 Å². The summed E-state index contributed by atoms with van der Waals surface area (Å²) in [6.07, 6.45) is 9.56. The molecule has 2 bridgehead atoms. The molecule has 0 radical (unpaired) electrons. The average Bonchev–Trinajstić information content (AvgIpc) is 3.29. The maximum Gasteiger partial charge on any atom is 0.282 e. The van der Waals surface area contributed by atoms with Crippen molar-refractivity contribution in [2.24, 2.45) is 5.92 Å². The van der Waals surface area contributed by atoms with Crippen molar-refractivity contribution in [2.75, 3.05) is 37.5 Å². The predicted octanol–water partition coefficient (Wildman–Crippen LogP) is 1.08. The summed E-state index contributed by atoms with van der Waals surface area (Å²) >= 11 is 0. The molecular weight excluding hydrogens is 484 g/mol. The molecule has 2 aromatic rings. The summed E-state index contributed by atoms with van der Waals surface area (Å²) in [6, 6.07) is 3.31. The first-order chi connectivity index (χ1) is 17.3. The SMILES string of the molecule is C#CC1CN(S(=O)(=O)N2[C@@H]3CCC[C@H]2C[C@H](N(C)c2nc(Nc4cc(CO)[nH]n4)cc(OC)n2)C3)C1. The van der Waals surface area contributed by atoms with E-state index < -0.39 is 10.2 Å². The number of hydrogen-bond donors (Lipinski definition) is 3. The lowest BCUT2D eigenvalue weighted by Gasteiger charge is -2.51. The van der Waals surface area contributed by atoms with E-state index in [1.807, 2.05) is 11.9 Å². The zero-order chi connectivity index (χ0) is 25.4. The number of nitrogens with zero attached hydrogens (tertiary/aromatic N) is 6. The van der Waals surface area contributed by atoms with Crippen LogP contribution >= 0.6 is 0 Å². The van der Waals surface area contributed by atoms with E-state index in [1.165, 1.54) is 4.31 Å². The molecular formula is C23H32N8O4S. The molecule has 0 saturated carbocycles. The standard InChI is InChI=1S/C23H32N8O4S/c1-4-15-12-30(13-15)36(33,34)31-17-6-5-7-18(31)10-19(9-17)29(2)23-25-20(11-22(26-23)35-3)24-21-8-16(14-32)27-28-21/h1,8,11,15,17-19,32H,5-7,9-10,12-14H2,2-3H3,(H2,24,25,26,27,28)/t17-,18+,19-. The second-order valence-corrected chi connectivity index (χ2v) is 11.5. The maximum absolute atomic E-state index is 13.4. The summed E-state index contributed by atoms with van der Waals surface area (Å²) in [5.41, 5.74) is 0.581. The van der Waals surface area contributed by atoms with Gasteiger partial charge in [0.25, 0.3) is 10.2 Å². The Kier molecular flexibility index (Phi) is 6.78. The number of terminal acetylenes is 1. The van der Waals surface area contributed by atoms with Gasteiger partial charge in [0, 0.05) is 56.3 Å². The average molecular weight is 517 g/mol. The highest BCUT2D eigenvalue weighted by atomic mass is 32.2. The number of rotatable bonds is 8. The Labute approximate surface area is 211 Å². The lowest BCUT2D eigenvalue weighted by atomic mass is 9.83. The number of ether oxygens (including phenoxy) is 1. The molecule has 194 valence electrons. The molecule has 3 saturated heterocycles. The van der Waals surface area contributed by atoms with Gasteiger partial charge in [-0.1, -0.05) is 6.42 Å². The summed E-state index contributed by atoms with van der Waals surface area (Å²) < 4.78 is 35.5. The van der Waals surface area contributed by atoms with Crippen molar-refractivity contribution >= 4 is 27.8 Å². The number of piperidine rings is 2. The van der Waals surface area contributed by atoms with E-state index in [-0.39, 0.29) is 30.7 Å². The summed E-state index contributed by atoms with van der Waals surface area (Å²) in [4.78, 5) is 11.2. The van der Waals surface area contributed by atoms with Gasteiger partial charge < -0.3 is 20.1 Å². The Hall–Kier alpha value is -2.92. The van der Waals surface area contributed by atoms with Crippen molar-refractivity contribution in [1.82, 2.24) is 28.8 Å². The molecule has 0 aliphatic carbocycles. The fraction of sp³-hybridized carbons (Fsp3) is 0.609. The molecule has 36 heavy (non-hydrogen) atoms. The molecule has 3 atom stereocenters. The third-order valence-corrected chi connectivity index (χ3v) is 9.46. The Morgan fingerprint density at radius 1 is 1.25 bits per heavy atom. The van der Waals surface area contributed by atoms with E-state index in [1.54, 1.807) is 23.5 Å². The van der Waals surface area contributed by atoms with Crippen LogP contribution in [0.2, 0.25) is 0 Å². The Balaban J connectivity index is 1.34. The minimum atomic E-state index is -3.53. The quantitative estimate of drug-likeness (QED) is 0.440. The van der Waals surface area contributed by atoms with Crippen LogP contribution in [0.5, 0.6) is 5.88 Å². The molecule has 0 amide bonds. The maximum atomic E-state index is 13.4. The normalized spacial score (nSPS) is 25.1. The highest BCUT2D eigenvalue weighted by molar-refractivity contribution is 7.86. The number of nitrogens with one attached hydrogen (secondary N) is 2. The van der Waals surface area contributed by atoms with Crippen LogP contribution in [-0.4, -0.2) is 87.7 Å². The van der Waals surface area contributed by atoms with Gasteiger partial charge in [0.1, 0.15) is 5.82 Å². The molecule has 5 rings (SSSR count). The van der Waals surface area contributed by atoms with Crippen molar-refractivity contribution in [3.8, 4) is 18.2 Å². The molecule has 2 aromatic heterocycles. The van der Waals surface area contributed by atoms with Gasteiger partial charge in [0.05, 0.1) is 19.4 Å². The second kappa shape index (κ2) is 9.85. The minimum absolute atomic E-state index is 0.00741. The largest absolute Gasteiger partial charge is 0.481 e. The number of aliphatic hydroxyl groups is 1. The van der Waals surface area contributed by atoms with Crippen molar-refractivity contribution in [3.05, 3.63) is 17.8 Å². The van der Waals surface area contributed by atoms with Crippen LogP contribution in [0.4, 0.5) is 17.6 Å². The van der Waals surface area contributed by atoms with Crippen LogP contribution < -0.4 is 15.0 Å².